The fourth-order valence-electron chi connectivity index (χ4n) is 1.67. The van der Waals surface area contributed by atoms with Crippen molar-refractivity contribution in [2.75, 3.05) is 12.4 Å². The van der Waals surface area contributed by atoms with Crippen LogP contribution in [0.4, 0.5) is 5.82 Å². The standard InChI is InChI=1S/C13H13Cl2N3S/c1-3-9-12(16-2)17-7-18-13(9)19-8-4-5-10(14)11(15)6-8/h4-7H,3H2,1-2H3,(H,16,17,18). The molecule has 2 aromatic rings. The van der Waals surface area contributed by atoms with Crippen LogP contribution in [0.1, 0.15) is 12.5 Å². The molecule has 0 bridgehead atoms. The minimum absolute atomic E-state index is 0.549. The van der Waals surface area contributed by atoms with Gasteiger partial charge in [-0.1, -0.05) is 41.9 Å². The molecule has 0 spiro atoms. The summed E-state index contributed by atoms with van der Waals surface area (Å²) in [6.07, 6.45) is 2.42. The molecule has 1 heterocycles. The topological polar surface area (TPSA) is 37.8 Å². The molecule has 1 aromatic carbocycles. The lowest BCUT2D eigenvalue weighted by atomic mass is 10.2. The van der Waals surface area contributed by atoms with Gasteiger partial charge in [-0.05, 0) is 24.6 Å². The molecule has 0 atom stereocenters. The molecule has 6 heteroatoms. The third kappa shape index (κ3) is 3.32. The van der Waals surface area contributed by atoms with Crippen LogP contribution in [-0.2, 0) is 6.42 Å². The van der Waals surface area contributed by atoms with Crippen LogP contribution in [-0.4, -0.2) is 17.0 Å². The number of aromatic nitrogens is 2. The predicted octanol–water partition coefficient (Wildman–Crippen LogP) is 4.54. The van der Waals surface area contributed by atoms with Crippen molar-refractivity contribution >= 4 is 40.8 Å². The molecule has 1 N–H and O–H groups in total. The Labute approximate surface area is 126 Å². The molecule has 0 saturated heterocycles. The fourth-order valence-corrected chi connectivity index (χ4v) is 3.03. The van der Waals surface area contributed by atoms with Crippen molar-refractivity contribution in [3.8, 4) is 0 Å². The van der Waals surface area contributed by atoms with E-state index in [2.05, 4.69) is 22.2 Å². The highest BCUT2D eigenvalue weighted by Gasteiger charge is 2.10. The fraction of sp³-hybridized carbons (Fsp3) is 0.231. The Balaban J connectivity index is 2.35. The lowest BCUT2D eigenvalue weighted by Crippen LogP contribution is -2.01. The lowest BCUT2D eigenvalue weighted by molar-refractivity contribution is 0.946. The Morgan fingerprint density at radius 2 is 2.00 bits per heavy atom. The maximum absolute atomic E-state index is 6.02. The van der Waals surface area contributed by atoms with Crippen LogP contribution in [0.5, 0.6) is 0 Å². The van der Waals surface area contributed by atoms with Crippen molar-refractivity contribution < 1.29 is 0 Å². The van der Waals surface area contributed by atoms with Gasteiger partial charge in [0.05, 0.1) is 10.0 Å². The van der Waals surface area contributed by atoms with E-state index in [4.69, 9.17) is 23.2 Å². The zero-order valence-electron chi connectivity index (χ0n) is 10.6. The average Bonchev–Trinajstić information content (AvgIpc) is 2.42. The van der Waals surface area contributed by atoms with Gasteiger partial charge in [-0.25, -0.2) is 9.97 Å². The molecule has 0 saturated carbocycles. The summed E-state index contributed by atoms with van der Waals surface area (Å²) < 4.78 is 0. The molecular weight excluding hydrogens is 301 g/mol. The van der Waals surface area contributed by atoms with Crippen molar-refractivity contribution in [1.29, 1.82) is 0 Å². The van der Waals surface area contributed by atoms with Gasteiger partial charge in [0, 0.05) is 17.5 Å². The van der Waals surface area contributed by atoms with E-state index >= 15 is 0 Å². The van der Waals surface area contributed by atoms with Gasteiger partial charge < -0.3 is 5.32 Å². The molecule has 0 aliphatic carbocycles. The van der Waals surface area contributed by atoms with Gasteiger partial charge in [0.25, 0.3) is 0 Å². The Morgan fingerprint density at radius 1 is 1.21 bits per heavy atom. The van der Waals surface area contributed by atoms with Crippen molar-refractivity contribution in [3.63, 3.8) is 0 Å². The van der Waals surface area contributed by atoms with Crippen LogP contribution in [0.2, 0.25) is 10.0 Å². The van der Waals surface area contributed by atoms with Crippen LogP contribution >= 0.6 is 35.0 Å². The molecule has 0 amide bonds. The van der Waals surface area contributed by atoms with Crippen LogP contribution in [0, 0.1) is 0 Å². The maximum Gasteiger partial charge on any atom is 0.133 e. The van der Waals surface area contributed by atoms with E-state index in [9.17, 15) is 0 Å². The number of rotatable bonds is 4. The van der Waals surface area contributed by atoms with Gasteiger partial charge in [0.1, 0.15) is 17.2 Å². The van der Waals surface area contributed by atoms with Crippen LogP contribution in [0.15, 0.2) is 34.4 Å². The summed E-state index contributed by atoms with van der Waals surface area (Å²) in [5.74, 6) is 0.861. The number of anilines is 1. The predicted molar refractivity (Wildman–Crippen MR) is 81.5 cm³/mol. The molecule has 0 radical (unpaired) electrons. The molecule has 0 aliphatic rings. The Morgan fingerprint density at radius 3 is 2.63 bits per heavy atom. The zero-order chi connectivity index (χ0) is 13.8. The minimum Gasteiger partial charge on any atom is -0.373 e. The van der Waals surface area contributed by atoms with E-state index in [1.54, 1.807) is 24.2 Å². The first-order chi connectivity index (χ1) is 9.15. The normalized spacial score (nSPS) is 10.5. The highest BCUT2D eigenvalue weighted by Crippen LogP contribution is 2.34. The Bertz CT molecular complexity index is 590. The highest BCUT2D eigenvalue weighted by molar-refractivity contribution is 7.99. The van der Waals surface area contributed by atoms with E-state index in [1.807, 2.05) is 19.2 Å². The molecule has 1 aromatic heterocycles. The summed E-state index contributed by atoms with van der Waals surface area (Å²) in [7, 11) is 1.86. The number of hydrogen-bond donors (Lipinski definition) is 1. The summed E-state index contributed by atoms with van der Waals surface area (Å²) in [5, 5.41) is 5.12. The number of nitrogens with one attached hydrogen (secondary N) is 1. The second-order valence-corrected chi connectivity index (χ2v) is 5.66. The second kappa shape index (κ2) is 6.46. The van der Waals surface area contributed by atoms with Gasteiger partial charge in [0.2, 0.25) is 0 Å². The molecule has 0 fully saturated rings. The van der Waals surface area contributed by atoms with E-state index in [1.165, 1.54) is 0 Å². The van der Waals surface area contributed by atoms with E-state index in [-0.39, 0.29) is 0 Å². The lowest BCUT2D eigenvalue weighted by Gasteiger charge is -2.10. The first kappa shape index (κ1) is 14.4. The Hall–Kier alpha value is -0.970. The van der Waals surface area contributed by atoms with Gasteiger partial charge in [-0.2, -0.15) is 0 Å². The van der Waals surface area contributed by atoms with E-state index in [0.29, 0.717) is 10.0 Å². The molecule has 0 unspecified atom stereocenters. The van der Waals surface area contributed by atoms with Crippen molar-refractivity contribution in [3.05, 3.63) is 40.1 Å². The van der Waals surface area contributed by atoms with E-state index < -0.39 is 0 Å². The van der Waals surface area contributed by atoms with Gasteiger partial charge in [-0.15, -0.1) is 0 Å². The van der Waals surface area contributed by atoms with Crippen LogP contribution in [0.25, 0.3) is 0 Å². The summed E-state index contributed by atoms with van der Waals surface area (Å²) in [6.45, 7) is 2.08. The quantitative estimate of drug-likeness (QED) is 0.841. The zero-order valence-corrected chi connectivity index (χ0v) is 12.9. The third-order valence-electron chi connectivity index (χ3n) is 2.60. The van der Waals surface area contributed by atoms with Crippen LogP contribution in [0.3, 0.4) is 0 Å². The first-order valence-corrected chi connectivity index (χ1v) is 7.37. The number of halogens is 2. The number of nitrogens with zero attached hydrogens (tertiary/aromatic N) is 2. The second-order valence-electron chi connectivity index (χ2n) is 3.79. The van der Waals surface area contributed by atoms with Gasteiger partial charge in [0.15, 0.2) is 0 Å². The van der Waals surface area contributed by atoms with E-state index in [0.717, 1.165) is 27.7 Å². The summed E-state index contributed by atoms with van der Waals surface area (Å²) >= 11 is 13.5. The monoisotopic (exact) mass is 313 g/mol. The summed E-state index contributed by atoms with van der Waals surface area (Å²) in [6, 6.07) is 5.56. The maximum atomic E-state index is 6.02. The number of hydrogen-bond acceptors (Lipinski definition) is 4. The Kier molecular flexibility index (Phi) is 4.91. The summed E-state index contributed by atoms with van der Waals surface area (Å²) in [5.41, 5.74) is 1.10. The first-order valence-electron chi connectivity index (χ1n) is 5.80. The summed E-state index contributed by atoms with van der Waals surface area (Å²) in [4.78, 5) is 9.57. The molecule has 3 nitrogen and oxygen atoms in total. The number of benzene rings is 1. The highest BCUT2D eigenvalue weighted by atomic mass is 35.5. The minimum atomic E-state index is 0.549. The molecular formula is C13H13Cl2N3S. The smallest absolute Gasteiger partial charge is 0.133 e. The van der Waals surface area contributed by atoms with Gasteiger partial charge in [-0.3, -0.25) is 0 Å². The van der Waals surface area contributed by atoms with Crippen molar-refractivity contribution in [2.45, 2.75) is 23.3 Å². The van der Waals surface area contributed by atoms with Crippen molar-refractivity contribution in [1.82, 2.24) is 9.97 Å². The van der Waals surface area contributed by atoms with Crippen LogP contribution < -0.4 is 5.32 Å². The molecule has 19 heavy (non-hydrogen) atoms. The largest absolute Gasteiger partial charge is 0.373 e. The SMILES string of the molecule is CCc1c(NC)ncnc1Sc1ccc(Cl)c(Cl)c1. The van der Waals surface area contributed by atoms with Gasteiger partial charge >= 0.3 is 0 Å². The third-order valence-corrected chi connectivity index (χ3v) is 4.38. The molecule has 2 rings (SSSR count). The van der Waals surface area contributed by atoms with Crippen molar-refractivity contribution in [2.24, 2.45) is 0 Å². The average molecular weight is 314 g/mol. The molecule has 100 valence electrons. The molecule has 0 aliphatic heterocycles.